The number of rotatable bonds is 3. The van der Waals surface area contributed by atoms with E-state index in [1.807, 2.05) is 0 Å². The zero-order valence-electron chi connectivity index (χ0n) is 11.6. The number of carbonyl (C=O) groups is 2. The molecule has 1 N–H and O–H groups in total. The second-order valence-corrected chi connectivity index (χ2v) is 5.43. The number of nitrogens with zero attached hydrogens (tertiary/aromatic N) is 2. The van der Waals surface area contributed by atoms with E-state index in [9.17, 15) is 9.59 Å². The molecule has 0 radical (unpaired) electrons. The number of hydrogen-bond donors (Lipinski definition) is 1. The molecular weight excluding hydrogens is 260 g/mol. The number of esters is 1. The van der Waals surface area contributed by atoms with Crippen molar-refractivity contribution in [3.8, 4) is 0 Å². The fourth-order valence-corrected chi connectivity index (χ4v) is 1.92. The van der Waals surface area contributed by atoms with Crippen LogP contribution in [0.3, 0.4) is 0 Å². The molecule has 0 saturated carbocycles. The van der Waals surface area contributed by atoms with E-state index in [2.05, 4.69) is 4.98 Å². The Hall–Kier alpha value is -2.37. The molecule has 6 nitrogen and oxygen atoms in total. The van der Waals surface area contributed by atoms with Crippen LogP contribution in [-0.2, 0) is 16.1 Å². The number of fused-ring (bicyclic) bond motifs is 1. The van der Waals surface area contributed by atoms with Crippen LogP contribution < -0.4 is 0 Å². The highest BCUT2D eigenvalue weighted by Crippen LogP contribution is 2.18. The number of carbonyl (C=O) groups excluding carboxylic acids is 1. The Balaban J connectivity index is 2.31. The Morgan fingerprint density at radius 3 is 2.65 bits per heavy atom. The third-order valence-corrected chi connectivity index (χ3v) is 2.61. The summed E-state index contributed by atoms with van der Waals surface area (Å²) in [6.45, 7) is 5.37. The molecule has 2 aromatic heterocycles. The zero-order chi connectivity index (χ0) is 14.9. The molecule has 2 rings (SSSR count). The number of aromatic nitrogens is 2. The Morgan fingerprint density at radius 2 is 2.05 bits per heavy atom. The minimum atomic E-state index is -1.02. The van der Waals surface area contributed by atoms with Gasteiger partial charge in [0.1, 0.15) is 17.8 Å². The summed E-state index contributed by atoms with van der Waals surface area (Å²) < 4.78 is 6.81. The highest BCUT2D eigenvalue weighted by molar-refractivity contribution is 6.01. The number of pyridine rings is 1. The summed E-state index contributed by atoms with van der Waals surface area (Å²) >= 11 is 0. The number of hydrogen-bond acceptors (Lipinski definition) is 4. The van der Waals surface area contributed by atoms with Crippen LogP contribution in [0.15, 0.2) is 24.5 Å². The van der Waals surface area contributed by atoms with E-state index < -0.39 is 17.5 Å². The van der Waals surface area contributed by atoms with Crippen LogP contribution >= 0.6 is 0 Å². The van der Waals surface area contributed by atoms with Gasteiger partial charge < -0.3 is 14.4 Å². The van der Waals surface area contributed by atoms with E-state index in [0.717, 1.165) is 0 Å². The first-order valence-electron chi connectivity index (χ1n) is 6.17. The van der Waals surface area contributed by atoms with E-state index in [1.165, 1.54) is 12.3 Å². The van der Waals surface area contributed by atoms with E-state index in [4.69, 9.17) is 9.84 Å². The quantitative estimate of drug-likeness (QED) is 0.868. The lowest BCUT2D eigenvalue weighted by Gasteiger charge is -2.19. The highest BCUT2D eigenvalue weighted by Gasteiger charge is 2.18. The lowest BCUT2D eigenvalue weighted by molar-refractivity contribution is -0.155. The van der Waals surface area contributed by atoms with Gasteiger partial charge in [-0.05, 0) is 32.9 Å². The van der Waals surface area contributed by atoms with Crippen LogP contribution in [0, 0.1) is 0 Å². The molecule has 2 aromatic rings. The molecule has 106 valence electrons. The number of ether oxygens (including phenoxy) is 1. The molecule has 0 saturated heterocycles. The largest absolute Gasteiger partial charge is 0.478 e. The van der Waals surface area contributed by atoms with Gasteiger partial charge >= 0.3 is 11.9 Å². The molecule has 6 heteroatoms. The van der Waals surface area contributed by atoms with Crippen LogP contribution in [0.5, 0.6) is 0 Å². The summed E-state index contributed by atoms with van der Waals surface area (Å²) in [7, 11) is 0. The maximum atomic E-state index is 11.8. The van der Waals surface area contributed by atoms with Gasteiger partial charge in [0.25, 0.3) is 0 Å². The van der Waals surface area contributed by atoms with Crippen LogP contribution in [0.1, 0.15) is 31.1 Å². The Kier molecular flexibility index (Phi) is 3.48. The van der Waals surface area contributed by atoms with Crippen molar-refractivity contribution in [1.82, 2.24) is 9.55 Å². The molecule has 0 amide bonds. The predicted molar refractivity (Wildman–Crippen MR) is 72.5 cm³/mol. The first kappa shape index (κ1) is 14.0. The highest BCUT2D eigenvalue weighted by atomic mass is 16.6. The van der Waals surface area contributed by atoms with Crippen molar-refractivity contribution in [3.05, 3.63) is 30.1 Å². The number of carboxylic acid groups (broad SMARTS) is 1. The SMILES string of the molecule is CC(C)(C)OC(=O)Cn1ccc2c(C(=O)O)ccnc21. The van der Waals surface area contributed by atoms with Crippen LogP contribution in [0.4, 0.5) is 0 Å². The van der Waals surface area contributed by atoms with Crippen molar-refractivity contribution >= 4 is 23.0 Å². The van der Waals surface area contributed by atoms with Crippen molar-refractivity contribution in [2.75, 3.05) is 0 Å². The topological polar surface area (TPSA) is 81.4 Å². The van der Waals surface area contributed by atoms with Crippen LogP contribution in [0.2, 0.25) is 0 Å². The molecule has 0 aliphatic carbocycles. The van der Waals surface area contributed by atoms with Gasteiger partial charge in [0.15, 0.2) is 0 Å². The van der Waals surface area contributed by atoms with Crippen molar-refractivity contribution in [1.29, 1.82) is 0 Å². The molecular formula is C14H16N2O4. The summed E-state index contributed by atoms with van der Waals surface area (Å²) in [5.41, 5.74) is 0.0633. The van der Waals surface area contributed by atoms with Crippen molar-refractivity contribution in [2.45, 2.75) is 32.9 Å². The lowest BCUT2D eigenvalue weighted by Crippen LogP contribution is -2.26. The molecule has 0 aliphatic heterocycles. The Bertz CT molecular complexity index is 667. The molecule has 0 unspecified atom stereocenters. The van der Waals surface area contributed by atoms with Crippen molar-refractivity contribution in [2.24, 2.45) is 0 Å². The first-order valence-corrected chi connectivity index (χ1v) is 6.17. The number of aromatic carboxylic acids is 1. The van der Waals surface area contributed by atoms with E-state index >= 15 is 0 Å². The van der Waals surface area contributed by atoms with Gasteiger partial charge in [-0.25, -0.2) is 9.78 Å². The summed E-state index contributed by atoms with van der Waals surface area (Å²) in [5, 5.41) is 9.60. The minimum absolute atomic E-state index is 0.00313. The Labute approximate surface area is 116 Å². The summed E-state index contributed by atoms with van der Waals surface area (Å²) in [4.78, 5) is 27.0. The first-order chi connectivity index (χ1) is 9.28. The summed E-state index contributed by atoms with van der Waals surface area (Å²) in [5.74, 6) is -1.41. The van der Waals surface area contributed by atoms with Crippen molar-refractivity contribution < 1.29 is 19.4 Å². The summed E-state index contributed by atoms with van der Waals surface area (Å²) in [6, 6.07) is 3.07. The normalized spacial score (nSPS) is 11.6. The molecule has 0 bridgehead atoms. The van der Waals surface area contributed by atoms with Gasteiger partial charge in [-0.15, -0.1) is 0 Å². The fourth-order valence-electron chi connectivity index (χ4n) is 1.92. The standard InChI is InChI=1S/C14H16N2O4/c1-14(2,3)20-11(17)8-16-7-5-9-10(13(18)19)4-6-15-12(9)16/h4-7H,8H2,1-3H3,(H,18,19). The smallest absolute Gasteiger partial charge is 0.336 e. The second kappa shape index (κ2) is 4.96. The maximum absolute atomic E-state index is 11.8. The van der Waals surface area contributed by atoms with Crippen molar-refractivity contribution in [3.63, 3.8) is 0 Å². The average Bonchev–Trinajstić information content (AvgIpc) is 2.69. The zero-order valence-corrected chi connectivity index (χ0v) is 11.6. The predicted octanol–water partition coefficient (Wildman–Crippen LogP) is 2.08. The molecule has 0 fully saturated rings. The maximum Gasteiger partial charge on any atom is 0.336 e. The van der Waals surface area contributed by atoms with E-state index in [-0.39, 0.29) is 12.1 Å². The second-order valence-electron chi connectivity index (χ2n) is 5.43. The molecule has 2 heterocycles. The van der Waals surface area contributed by atoms with Gasteiger partial charge in [0.2, 0.25) is 0 Å². The molecule has 0 atom stereocenters. The van der Waals surface area contributed by atoms with Gasteiger partial charge in [-0.3, -0.25) is 4.79 Å². The number of carboxylic acids is 1. The lowest BCUT2D eigenvalue weighted by atomic mass is 10.2. The third kappa shape index (κ3) is 2.96. The van der Waals surface area contributed by atoms with E-state index in [0.29, 0.717) is 11.0 Å². The average molecular weight is 276 g/mol. The molecule has 0 spiro atoms. The van der Waals surface area contributed by atoms with Gasteiger partial charge in [0.05, 0.1) is 5.56 Å². The van der Waals surface area contributed by atoms with Gasteiger partial charge in [0, 0.05) is 17.8 Å². The minimum Gasteiger partial charge on any atom is -0.478 e. The molecule has 0 aliphatic rings. The third-order valence-electron chi connectivity index (χ3n) is 2.61. The molecule has 20 heavy (non-hydrogen) atoms. The molecule has 0 aromatic carbocycles. The fraction of sp³-hybridized carbons (Fsp3) is 0.357. The van der Waals surface area contributed by atoms with Crippen LogP contribution in [-0.4, -0.2) is 32.2 Å². The summed E-state index contributed by atoms with van der Waals surface area (Å²) in [6.07, 6.45) is 3.05. The van der Waals surface area contributed by atoms with Gasteiger partial charge in [-0.1, -0.05) is 0 Å². The van der Waals surface area contributed by atoms with Crippen LogP contribution in [0.25, 0.3) is 11.0 Å². The van der Waals surface area contributed by atoms with E-state index in [1.54, 1.807) is 37.6 Å². The Morgan fingerprint density at radius 1 is 1.35 bits per heavy atom. The van der Waals surface area contributed by atoms with Gasteiger partial charge in [-0.2, -0.15) is 0 Å². The monoisotopic (exact) mass is 276 g/mol.